The second-order valence-electron chi connectivity index (χ2n) is 6.56. The van der Waals surface area contributed by atoms with Gasteiger partial charge in [-0.2, -0.15) is 0 Å². The highest BCUT2D eigenvalue weighted by Gasteiger charge is 2.36. The number of carbonyl (C=O) groups is 2. The normalized spacial score (nSPS) is 14.3. The average molecular weight is 369 g/mol. The standard InChI is InChI=1S/C21H24N2O2S/c1-4-19(23-14-16-9-5-6-11-18(16)20(23)24)21(25)22(2)13-15-8-7-10-17(12-15)26-3/h5-12,19H,4,13-14H2,1-3H3/t19-/m0/s1. The molecule has 1 heterocycles. The van der Waals surface area contributed by atoms with E-state index in [0.29, 0.717) is 25.1 Å². The molecule has 1 aliphatic heterocycles. The van der Waals surface area contributed by atoms with Gasteiger partial charge in [0.05, 0.1) is 0 Å². The van der Waals surface area contributed by atoms with E-state index in [1.807, 2.05) is 56.6 Å². The summed E-state index contributed by atoms with van der Waals surface area (Å²) < 4.78 is 0. The van der Waals surface area contributed by atoms with Crippen LogP contribution in [0.5, 0.6) is 0 Å². The molecule has 0 saturated carbocycles. The lowest BCUT2D eigenvalue weighted by molar-refractivity contribution is -0.135. The molecule has 0 spiro atoms. The van der Waals surface area contributed by atoms with Crippen LogP contribution >= 0.6 is 11.8 Å². The van der Waals surface area contributed by atoms with Gasteiger partial charge in [-0.25, -0.2) is 0 Å². The Labute approximate surface area is 159 Å². The zero-order valence-electron chi connectivity index (χ0n) is 15.4. The third-order valence-corrected chi connectivity index (χ3v) is 5.55. The largest absolute Gasteiger partial charge is 0.340 e. The van der Waals surface area contributed by atoms with E-state index < -0.39 is 6.04 Å². The first-order valence-corrected chi connectivity index (χ1v) is 10.0. The summed E-state index contributed by atoms with van der Waals surface area (Å²) in [6.45, 7) is 3.01. The van der Waals surface area contributed by atoms with Crippen LogP contribution in [-0.2, 0) is 17.9 Å². The average Bonchev–Trinajstić information content (AvgIpc) is 2.99. The molecule has 2 aromatic carbocycles. The lowest BCUT2D eigenvalue weighted by Gasteiger charge is -2.30. The summed E-state index contributed by atoms with van der Waals surface area (Å²) >= 11 is 1.69. The molecule has 0 unspecified atom stereocenters. The van der Waals surface area contributed by atoms with Gasteiger partial charge >= 0.3 is 0 Å². The molecule has 0 radical (unpaired) electrons. The van der Waals surface area contributed by atoms with Crippen LogP contribution in [0.25, 0.3) is 0 Å². The second kappa shape index (κ2) is 7.96. The van der Waals surface area contributed by atoms with Crippen LogP contribution in [0.4, 0.5) is 0 Å². The van der Waals surface area contributed by atoms with Crippen molar-refractivity contribution in [3.05, 3.63) is 65.2 Å². The number of likely N-dealkylation sites (N-methyl/N-ethyl adjacent to an activating group) is 1. The van der Waals surface area contributed by atoms with Crippen molar-refractivity contribution >= 4 is 23.6 Å². The van der Waals surface area contributed by atoms with Gasteiger partial charge in [0.2, 0.25) is 5.91 Å². The van der Waals surface area contributed by atoms with Crippen molar-refractivity contribution in [1.82, 2.24) is 9.80 Å². The summed E-state index contributed by atoms with van der Waals surface area (Å²) in [5.41, 5.74) is 2.81. The maximum Gasteiger partial charge on any atom is 0.255 e. The van der Waals surface area contributed by atoms with Crippen molar-refractivity contribution in [1.29, 1.82) is 0 Å². The number of carbonyl (C=O) groups excluding carboxylic acids is 2. The molecule has 0 bridgehead atoms. The van der Waals surface area contributed by atoms with E-state index in [-0.39, 0.29) is 11.8 Å². The van der Waals surface area contributed by atoms with Gasteiger partial charge in [0, 0.05) is 30.6 Å². The topological polar surface area (TPSA) is 40.6 Å². The van der Waals surface area contributed by atoms with Crippen LogP contribution in [0.1, 0.15) is 34.8 Å². The van der Waals surface area contributed by atoms with Gasteiger partial charge in [0.15, 0.2) is 0 Å². The Hall–Kier alpha value is -2.27. The molecule has 0 aliphatic carbocycles. The zero-order chi connectivity index (χ0) is 18.7. The number of rotatable bonds is 6. The molecule has 3 rings (SSSR count). The van der Waals surface area contributed by atoms with E-state index in [1.54, 1.807) is 21.6 Å². The molecule has 0 fully saturated rings. The summed E-state index contributed by atoms with van der Waals surface area (Å²) in [6.07, 6.45) is 2.64. The molecule has 2 amide bonds. The molecular formula is C21H24N2O2S. The quantitative estimate of drug-likeness (QED) is 0.728. The minimum Gasteiger partial charge on any atom is -0.340 e. The molecule has 1 aliphatic rings. The molecule has 0 saturated heterocycles. The minimum absolute atomic E-state index is 0.0109. The number of hydrogen-bond donors (Lipinski definition) is 0. The minimum atomic E-state index is -0.427. The molecule has 2 aromatic rings. The summed E-state index contributed by atoms with van der Waals surface area (Å²) in [6, 6.07) is 15.4. The van der Waals surface area contributed by atoms with Crippen molar-refractivity contribution in [2.24, 2.45) is 0 Å². The van der Waals surface area contributed by atoms with Gasteiger partial charge in [0.25, 0.3) is 5.91 Å². The Morgan fingerprint density at radius 1 is 1.23 bits per heavy atom. The van der Waals surface area contributed by atoms with Crippen molar-refractivity contribution in [3.63, 3.8) is 0 Å². The van der Waals surface area contributed by atoms with Crippen LogP contribution in [0.2, 0.25) is 0 Å². The molecule has 5 heteroatoms. The predicted octanol–water partition coefficient (Wildman–Crippen LogP) is 3.80. The molecule has 136 valence electrons. The van der Waals surface area contributed by atoms with Crippen molar-refractivity contribution in [2.45, 2.75) is 37.4 Å². The van der Waals surface area contributed by atoms with Crippen LogP contribution in [0.15, 0.2) is 53.4 Å². The first kappa shape index (κ1) is 18.5. The zero-order valence-corrected chi connectivity index (χ0v) is 16.3. The summed E-state index contributed by atoms with van der Waals surface area (Å²) in [5, 5.41) is 0. The van der Waals surface area contributed by atoms with Gasteiger partial charge in [-0.1, -0.05) is 37.3 Å². The first-order chi connectivity index (χ1) is 12.5. The molecule has 1 atom stereocenters. The van der Waals surface area contributed by atoms with Crippen LogP contribution in [0.3, 0.4) is 0 Å². The Bertz CT molecular complexity index is 821. The van der Waals surface area contributed by atoms with E-state index in [4.69, 9.17) is 0 Å². The van der Waals surface area contributed by atoms with Crippen molar-refractivity contribution < 1.29 is 9.59 Å². The van der Waals surface area contributed by atoms with E-state index in [9.17, 15) is 9.59 Å². The van der Waals surface area contributed by atoms with E-state index in [2.05, 4.69) is 12.1 Å². The fraction of sp³-hybridized carbons (Fsp3) is 0.333. The number of nitrogens with zero attached hydrogens (tertiary/aromatic N) is 2. The van der Waals surface area contributed by atoms with E-state index in [0.717, 1.165) is 11.1 Å². The van der Waals surface area contributed by atoms with Crippen molar-refractivity contribution in [3.8, 4) is 0 Å². The predicted molar refractivity (Wildman–Crippen MR) is 105 cm³/mol. The third-order valence-electron chi connectivity index (χ3n) is 4.83. The Morgan fingerprint density at radius 3 is 2.69 bits per heavy atom. The molecule has 0 N–H and O–H groups in total. The van der Waals surface area contributed by atoms with Crippen molar-refractivity contribution in [2.75, 3.05) is 13.3 Å². The Morgan fingerprint density at radius 2 is 2.00 bits per heavy atom. The number of amides is 2. The lowest BCUT2D eigenvalue weighted by Crippen LogP contribution is -2.47. The van der Waals surface area contributed by atoms with Gasteiger partial charge in [-0.15, -0.1) is 11.8 Å². The van der Waals surface area contributed by atoms with Gasteiger partial charge in [-0.05, 0) is 42.0 Å². The Kier molecular flexibility index (Phi) is 5.67. The van der Waals surface area contributed by atoms with E-state index >= 15 is 0 Å². The number of fused-ring (bicyclic) bond motifs is 1. The summed E-state index contributed by atoms with van der Waals surface area (Å²) in [7, 11) is 1.81. The first-order valence-electron chi connectivity index (χ1n) is 8.82. The fourth-order valence-electron chi connectivity index (χ4n) is 3.43. The number of thioether (sulfide) groups is 1. The number of hydrogen-bond acceptors (Lipinski definition) is 3. The fourth-order valence-corrected chi connectivity index (χ4v) is 3.92. The highest BCUT2D eigenvalue weighted by atomic mass is 32.2. The van der Waals surface area contributed by atoms with Gasteiger partial charge < -0.3 is 9.80 Å². The van der Waals surface area contributed by atoms with Crippen LogP contribution in [0, 0.1) is 0 Å². The van der Waals surface area contributed by atoms with E-state index in [1.165, 1.54) is 4.90 Å². The smallest absolute Gasteiger partial charge is 0.255 e. The second-order valence-corrected chi connectivity index (χ2v) is 7.44. The van der Waals surface area contributed by atoms with Crippen LogP contribution in [-0.4, -0.2) is 41.0 Å². The highest BCUT2D eigenvalue weighted by Crippen LogP contribution is 2.26. The van der Waals surface area contributed by atoms with Gasteiger partial charge in [-0.3, -0.25) is 9.59 Å². The molecule has 26 heavy (non-hydrogen) atoms. The molecule has 0 aromatic heterocycles. The third kappa shape index (κ3) is 3.63. The molecular weight excluding hydrogens is 344 g/mol. The SMILES string of the molecule is CC[C@@H](C(=O)N(C)Cc1cccc(SC)c1)N1Cc2ccccc2C1=O. The lowest BCUT2D eigenvalue weighted by atomic mass is 10.1. The Balaban J connectivity index is 1.74. The summed E-state index contributed by atoms with van der Waals surface area (Å²) in [4.78, 5) is 30.4. The number of benzene rings is 2. The van der Waals surface area contributed by atoms with Gasteiger partial charge in [0.1, 0.15) is 6.04 Å². The monoisotopic (exact) mass is 368 g/mol. The maximum absolute atomic E-state index is 13.0. The maximum atomic E-state index is 13.0. The summed E-state index contributed by atoms with van der Waals surface area (Å²) in [5.74, 6) is -0.0539. The highest BCUT2D eigenvalue weighted by molar-refractivity contribution is 7.98. The molecule has 4 nitrogen and oxygen atoms in total. The van der Waals surface area contributed by atoms with Crippen LogP contribution < -0.4 is 0 Å².